The lowest BCUT2D eigenvalue weighted by molar-refractivity contribution is -0.138. The van der Waals surface area contributed by atoms with Crippen LogP contribution in [-0.4, -0.2) is 119 Å². The summed E-state index contributed by atoms with van der Waals surface area (Å²) in [6.07, 6.45) is 4.34. The lowest BCUT2D eigenvalue weighted by Crippen LogP contribution is -2.51. The predicted octanol–water partition coefficient (Wildman–Crippen LogP) is 7.26. The molecule has 2 aromatic heterocycles. The van der Waals surface area contributed by atoms with E-state index in [0.29, 0.717) is 18.9 Å². The van der Waals surface area contributed by atoms with Crippen LogP contribution in [0, 0.1) is 11.8 Å². The van der Waals surface area contributed by atoms with Crippen molar-refractivity contribution < 1.29 is 29.0 Å². The number of benzene rings is 2. The van der Waals surface area contributed by atoms with Crippen molar-refractivity contribution in [3.63, 3.8) is 0 Å². The first-order valence-electron chi connectivity index (χ1n) is 19.8. The van der Waals surface area contributed by atoms with Gasteiger partial charge in [-0.15, -0.1) is 23.5 Å². The van der Waals surface area contributed by atoms with Crippen LogP contribution in [0.3, 0.4) is 0 Å². The summed E-state index contributed by atoms with van der Waals surface area (Å²) in [5.41, 5.74) is 5.53. The van der Waals surface area contributed by atoms with E-state index in [9.17, 15) is 24.3 Å². The zero-order valence-corrected chi connectivity index (χ0v) is 35.4. The van der Waals surface area contributed by atoms with E-state index in [1.807, 2.05) is 92.8 Å². The summed E-state index contributed by atoms with van der Waals surface area (Å²) in [5.74, 6) is 2.87. The number of H-pyrrole nitrogens is 2. The topological polar surface area (TPSA) is 177 Å². The number of hydrogen-bond acceptors (Lipinski definition) is 9. The van der Waals surface area contributed by atoms with Crippen molar-refractivity contribution in [2.24, 2.45) is 11.8 Å². The molecule has 1 spiro atoms. The minimum Gasteiger partial charge on any atom is -0.465 e. The molecule has 0 aliphatic carbocycles. The number of carbonyl (C=O) groups excluding carboxylic acids is 3. The van der Waals surface area contributed by atoms with Gasteiger partial charge in [-0.1, -0.05) is 76.2 Å². The number of rotatable bonds is 11. The molecule has 3 aliphatic rings. The van der Waals surface area contributed by atoms with E-state index in [-0.39, 0.29) is 39.8 Å². The van der Waals surface area contributed by atoms with Crippen molar-refractivity contribution in [3.8, 4) is 33.6 Å². The maximum Gasteiger partial charge on any atom is 0.407 e. The average molecular weight is 829 g/mol. The van der Waals surface area contributed by atoms with Crippen LogP contribution >= 0.6 is 23.5 Å². The summed E-state index contributed by atoms with van der Waals surface area (Å²) in [6.45, 7) is 8.70. The SMILES string of the molecule is COC(=O)N[C@H](C(=O)N1CC2(C[C@H]1c1nc(-c3ccc(-c4ccc(-c5c[nH]c([C@@H]6CCCN6C(=O)[C@H](C(C)C)N(C)C(=O)O)n5)cc4)cc3)c[nH]1)SCCS2)C(C)C. The molecule has 3 aliphatic heterocycles. The van der Waals surface area contributed by atoms with Crippen LogP contribution in [0.15, 0.2) is 60.9 Å². The molecule has 308 valence electrons. The number of alkyl carbamates (subject to hydrolysis) is 1. The fraction of sp³-hybridized carbons (Fsp3) is 0.476. The number of hydrogen-bond donors (Lipinski definition) is 4. The number of amides is 4. The Morgan fingerprint density at radius 1 is 0.828 bits per heavy atom. The van der Waals surface area contributed by atoms with Crippen LogP contribution in [0.5, 0.6) is 0 Å². The molecule has 5 heterocycles. The fourth-order valence-corrected chi connectivity index (χ4v) is 11.6. The summed E-state index contributed by atoms with van der Waals surface area (Å²) < 4.78 is 4.73. The smallest absolute Gasteiger partial charge is 0.407 e. The number of likely N-dealkylation sites (N-methyl/N-ethyl adjacent to an activating group) is 1. The Morgan fingerprint density at radius 2 is 1.36 bits per heavy atom. The summed E-state index contributed by atoms with van der Waals surface area (Å²) in [6, 6.07) is 14.4. The number of nitrogens with one attached hydrogen (secondary N) is 3. The average Bonchev–Trinajstić information content (AvgIpc) is 4.07. The van der Waals surface area contributed by atoms with Crippen LogP contribution in [0.25, 0.3) is 33.6 Å². The lowest BCUT2D eigenvalue weighted by Gasteiger charge is -2.33. The Bertz CT molecular complexity index is 2110. The number of likely N-dealkylation sites (tertiary alicyclic amines) is 2. The highest BCUT2D eigenvalue weighted by molar-refractivity contribution is 8.21. The number of thioether (sulfide) groups is 2. The van der Waals surface area contributed by atoms with Crippen molar-refractivity contribution in [2.45, 2.75) is 75.2 Å². The number of carboxylic acid groups (broad SMARTS) is 1. The number of methoxy groups -OCH3 is 1. The lowest BCUT2D eigenvalue weighted by atomic mass is 10.0. The van der Waals surface area contributed by atoms with Gasteiger partial charge in [0.25, 0.3) is 0 Å². The molecule has 2 aromatic carbocycles. The Hall–Kier alpha value is -4.96. The third-order valence-corrected chi connectivity index (χ3v) is 14.9. The first kappa shape index (κ1) is 41.2. The number of aromatic amines is 2. The molecular formula is C42H52N8O6S2. The summed E-state index contributed by atoms with van der Waals surface area (Å²) in [5, 5.41) is 12.4. The molecule has 0 unspecified atom stereocenters. The van der Waals surface area contributed by atoms with E-state index in [1.165, 1.54) is 14.2 Å². The van der Waals surface area contributed by atoms with Gasteiger partial charge in [-0.25, -0.2) is 19.6 Å². The predicted molar refractivity (Wildman–Crippen MR) is 226 cm³/mol. The number of ether oxygens (including phenoxy) is 1. The number of nitrogens with zero attached hydrogens (tertiary/aromatic N) is 5. The Kier molecular flexibility index (Phi) is 12.1. The molecule has 4 aromatic rings. The zero-order chi connectivity index (χ0) is 41.3. The van der Waals surface area contributed by atoms with Gasteiger partial charge >= 0.3 is 12.2 Å². The summed E-state index contributed by atoms with van der Waals surface area (Å²) in [7, 11) is 2.75. The van der Waals surface area contributed by atoms with Crippen molar-refractivity contribution in [1.29, 1.82) is 0 Å². The van der Waals surface area contributed by atoms with Gasteiger partial charge < -0.3 is 34.9 Å². The van der Waals surface area contributed by atoms with Gasteiger partial charge in [-0.05, 0) is 35.8 Å². The molecule has 58 heavy (non-hydrogen) atoms. The van der Waals surface area contributed by atoms with Gasteiger partial charge in [-0.3, -0.25) is 14.5 Å². The molecular weight excluding hydrogens is 777 g/mol. The molecule has 4 atom stereocenters. The number of aromatic nitrogens is 4. The minimum atomic E-state index is -1.12. The largest absolute Gasteiger partial charge is 0.465 e. The quantitative estimate of drug-likeness (QED) is 0.120. The normalized spacial score (nSPS) is 19.9. The van der Waals surface area contributed by atoms with Gasteiger partial charge in [-0.2, -0.15) is 0 Å². The highest BCUT2D eigenvalue weighted by Crippen LogP contribution is 2.55. The minimum absolute atomic E-state index is 0.103. The molecule has 4 amide bonds. The summed E-state index contributed by atoms with van der Waals surface area (Å²) >= 11 is 3.81. The molecule has 0 bridgehead atoms. The third kappa shape index (κ3) is 8.31. The van der Waals surface area contributed by atoms with Crippen molar-refractivity contribution in [3.05, 3.63) is 72.6 Å². The van der Waals surface area contributed by atoms with Crippen LogP contribution in [0.2, 0.25) is 0 Å². The second-order valence-corrected chi connectivity index (χ2v) is 19.1. The summed E-state index contributed by atoms with van der Waals surface area (Å²) in [4.78, 5) is 72.9. The second-order valence-electron chi connectivity index (χ2n) is 15.9. The first-order valence-corrected chi connectivity index (χ1v) is 21.8. The van der Waals surface area contributed by atoms with Gasteiger partial charge in [0, 0.05) is 61.6 Å². The van der Waals surface area contributed by atoms with Crippen LogP contribution in [0.1, 0.15) is 70.7 Å². The molecule has 0 saturated carbocycles. The maximum absolute atomic E-state index is 14.0. The number of imidazole rings is 2. The highest BCUT2D eigenvalue weighted by atomic mass is 32.2. The maximum atomic E-state index is 14.0. The van der Waals surface area contributed by atoms with Crippen LogP contribution in [-0.2, 0) is 14.3 Å². The molecule has 7 rings (SSSR count). The van der Waals surface area contributed by atoms with E-state index in [1.54, 1.807) is 4.90 Å². The monoisotopic (exact) mass is 828 g/mol. The number of carbonyl (C=O) groups is 4. The van der Waals surface area contributed by atoms with E-state index >= 15 is 0 Å². The van der Waals surface area contributed by atoms with Gasteiger partial charge in [0.05, 0.1) is 34.7 Å². The van der Waals surface area contributed by atoms with Crippen LogP contribution in [0.4, 0.5) is 9.59 Å². The molecule has 3 saturated heterocycles. The van der Waals surface area contributed by atoms with Crippen molar-refractivity contribution in [1.82, 2.24) is 40.0 Å². The Morgan fingerprint density at radius 3 is 1.86 bits per heavy atom. The van der Waals surface area contributed by atoms with Crippen molar-refractivity contribution in [2.75, 3.05) is 38.8 Å². The van der Waals surface area contributed by atoms with Crippen molar-refractivity contribution >= 4 is 47.5 Å². The van der Waals surface area contributed by atoms with Gasteiger partial charge in [0.15, 0.2) is 0 Å². The van der Waals surface area contributed by atoms with E-state index in [4.69, 9.17) is 14.7 Å². The Labute approximate surface area is 347 Å². The van der Waals surface area contributed by atoms with Gasteiger partial charge in [0.2, 0.25) is 11.8 Å². The van der Waals surface area contributed by atoms with Crippen LogP contribution < -0.4 is 5.32 Å². The van der Waals surface area contributed by atoms with E-state index in [2.05, 4.69) is 39.6 Å². The fourth-order valence-electron chi connectivity index (χ4n) is 8.38. The van der Waals surface area contributed by atoms with E-state index < -0.39 is 24.3 Å². The molecule has 14 nitrogen and oxygen atoms in total. The molecule has 16 heteroatoms. The molecule has 0 radical (unpaired) electrons. The van der Waals surface area contributed by atoms with Gasteiger partial charge in [0.1, 0.15) is 23.7 Å². The highest BCUT2D eigenvalue weighted by Gasteiger charge is 2.51. The molecule has 4 N–H and O–H groups in total. The second kappa shape index (κ2) is 17.1. The van der Waals surface area contributed by atoms with E-state index in [0.717, 1.165) is 75.1 Å². The third-order valence-electron chi connectivity index (χ3n) is 11.4. The zero-order valence-electron chi connectivity index (χ0n) is 33.7. The molecule has 3 fully saturated rings. The Balaban J connectivity index is 1.04. The first-order chi connectivity index (χ1) is 27.8. The standard InChI is InChI=1S/C42H52N8O6S2/c1-24(2)34(47-40(53)56-6)38(51)50-23-42(57-18-19-58-42)20-33(50)37-44-22-31(46-37)29-15-11-27(12-16-29)26-9-13-28(14-10-26)30-21-43-36(45-30)32-8-7-17-49(32)39(52)35(25(3)4)48(5)41(54)55/h9-16,21-22,24-25,32-35H,7-8,17-20,23H2,1-6H3,(H,43,45)(H,44,46)(H,47,53)(H,54,55)/t32-,33-,34-,35-/m0/s1.